The zero-order chi connectivity index (χ0) is 22.2. The number of hydrogen-bond donors (Lipinski definition) is 2. The summed E-state index contributed by atoms with van der Waals surface area (Å²) in [4.78, 5) is 6.50. The van der Waals surface area contributed by atoms with Crippen LogP contribution in [0.15, 0.2) is 83.4 Å². The van der Waals surface area contributed by atoms with Crippen molar-refractivity contribution in [2.75, 3.05) is 4.90 Å². The highest BCUT2D eigenvalue weighted by Gasteiger charge is 2.42. The lowest BCUT2D eigenvalue weighted by Gasteiger charge is -2.26. The smallest absolute Gasteiger partial charge is 0.174 e. The predicted octanol–water partition coefficient (Wildman–Crippen LogP) is 6.53. The van der Waals surface area contributed by atoms with Gasteiger partial charge in [-0.3, -0.25) is 4.98 Å². The first-order valence-corrected chi connectivity index (χ1v) is 11.0. The van der Waals surface area contributed by atoms with Crippen LogP contribution in [0.4, 0.5) is 5.69 Å². The minimum atomic E-state index is -0.311. The van der Waals surface area contributed by atoms with Crippen LogP contribution in [-0.2, 0) is 0 Å². The molecule has 1 saturated heterocycles. The number of hydrogen-bond acceptors (Lipinski definition) is 4. The molecular formula is C24H17Cl2N3O2S. The van der Waals surface area contributed by atoms with E-state index < -0.39 is 0 Å². The van der Waals surface area contributed by atoms with Gasteiger partial charge < -0.3 is 19.7 Å². The molecule has 1 fully saturated rings. The fourth-order valence-electron chi connectivity index (χ4n) is 3.89. The highest BCUT2D eigenvalue weighted by molar-refractivity contribution is 7.80. The molecule has 0 radical (unpaired) electrons. The van der Waals surface area contributed by atoms with Crippen molar-refractivity contribution < 1.29 is 9.52 Å². The van der Waals surface area contributed by atoms with Crippen molar-refractivity contribution in [2.24, 2.45) is 0 Å². The van der Waals surface area contributed by atoms with Crippen molar-refractivity contribution in [3.63, 3.8) is 0 Å². The van der Waals surface area contributed by atoms with Crippen LogP contribution in [0, 0.1) is 0 Å². The Morgan fingerprint density at radius 3 is 2.53 bits per heavy atom. The summed E-state index contributed by atoms with van der Waals surface area (Å²) < 4.78 is 6.30. The molecule has 0 bridgehead atoms. The number of nitrogens with one attached hydrogen (secondary N) is 1. The maximum atomic E-state index is 9.74. The summed E-state index contributed by atoms with van der Waals surface area (Å²) >= 11 is 18.3. The second-order valence-corrected chi connectivity index (χ2v) is 8.49. The summed E-state index contributed by atoms with van der Waals surface area (Å²) in [6, 6.07) is 21.3. The van der Waals surface area contributed by atoms with Crippen molar-refractivity contribution >= 4 is 46.2 Å². The number of furan rings is 1. The standard InChI is InChI=1S/C24H17Cl2N3O2S/c25-17-5-3-4-16(21(17)26)19-11-12-20(31-19)23-22(18-6-1-2-13-27-18)28-24(32)29(23)14-7-9-15(30)10-8-14/h1-13,22-23,30H,(H,28,32)/t22-,23-/m1/s1. The summed E-state index contributed by atoms with van der Waals surface area (Å²) in [5.41, 5.74) is 2.37. The van der Waals surface area contributed by atoms with Gasteiger partial charge in [0.05, 0.1) is 21.8 Å². The van der Waals surface area contributed by atoms with E-state index in [1.54, 1.807) is 24.4 Å². The Labute approximate surface area is 200 Å². The van der Waals surface area contributed by atoms with E-state index >= 15 is 0 Å². The Morgan fingerprint density at radius 1 is 0.969 bits per heavy atom. The molecule has 2 aromatic carbocycles. The lowest BCUT2D eigenvalue weighted by atomic mass is 10.0. The van der Waals surface area contributed by atoms with Crippen LogP contribution in [0.1, 0.15) is 23.5 Å². The number of thiocarbonyl (C=S) groups is 1. The number of anilines is 1. The molecule has 160 valence electrons. The number of phenolic OH excluding ortho intramolecular Hbond substituents is 1. The molecule has 1 aliphatic heterocycles. The van der Waals surface area contributed by atoms with E-state index in [2.05, 4.69) is 10.3 Å². The van der Waals surface area contributed by atoms with Gasteiger partial charge in [0.2, 0.25) is 0 Å². The van der Waals surface area contributed by atoms with Gasteiger partial charge in [0, 0.05) is 17.4 Å². The van der Waals surface area contributed by atoms with Gasteiger partial charge in [-0.05, 0) is 72.9 Å². The fraction of sp³-hybridized carbons (Fsp3) is 0.0833. The molecule has 32 heavy (non-hydrogen) atoms. The van der Waals surface area contributed by atoms with Crippen LogP contribution in [0.25, 0.3) is 11.3 Å². The molecule has 2 N–H and O–H groups in total. The molecule has 0 unspecified atom stereocenters. The van der Waals surface area contributed by atoms with Gasteiger partial charge in [-0.15, -0.1) is 0 Å². The lowest BCUT2D eigenvalue weighted by molar-refractivity contribution is 0.439. The maximum Gasteiger partial charge on any atom is 0.174 e. The molecule has 0 amide bonds. The van der Waals surface area contributed by atoms with Crippen molar-refractivity contribution in [3.8, 4) is 17.1 Å². The largest absolute Gasteiger partial charge is 0.508 e. The number of aromatic nitrogens is 1. The molecule has 0 spiro atoms. The van der Waals surface area contributed by atoms with Crippen LogP contribution in [0.5, 0.6) is 5.75 Å². The number of aromatic hydroxyl groups is 1. The maximum absolute atomic E-state index is 9.74. The topological polar surface area (TPSA) is 61.5 Å². The van der Waals surface area contributed by atoms with E-state index in [1.807, 2.05) is 59.5 Å². The third kappa shape index (κ3) is 3.71. The number of nitrogens with zero attached hydrogens (tertiary/aromatic N) is 2. The van der Waals surface area contributed by atoms with Gasteiger partial charge in [0.15, 0.2) is 5.11 Å². The van der Waals surface area contributed by atoms with Gasteiger partial charge in [-0.1, -0.05) is 35.3 Å². The molecule has 4 aromatic rings. The number of phenols is 1. The zero-order valence-corrected chi connectivity index (χ0v) is 18.9. The van der Waals surface area contributed by atoms with Gasteiger partial charge >= 0.3 is 0 Å². The Balaban J connectivity index is 1.61. The Morgan fingerprint density at radius 2 is 1.78 bits per heavy atom. The Bertz CT molecular complexity index is 1280. The predicted molar refractivity (Wildman–Crippen MR) is 130 cm³/mol. The average molecular weight is 482 g/mol. The van der Waals surface area contributed by atoms with E-state index in [4.69, 9.17) is 39.8 Å². The minimum Gasteiger partial charge on any atom is -0.508 e. The van der Waals surface area contributed by atoms with Crippen LogP contribution in [0.2, 0.25) is 10.0 Å². The van der Waals surface area contributed by atoms with Crippen molar-refractivity contribution in [1.29, 1.82) is 0 Å². The van der Waals surface area contributed by atoms with Gasteiger partial charge in [0.1, 0.15) is 23.3 Å². The van der Waals surface area contributed by atoms with Crippen LogP contribution < -0.4 is 10.2 Å². The Hall–Kier alpha value is -3.06. The number of halogens is 2. The molecule has 0 saturated carbocycles. The van der Waals surface area contributed by atoms with E-state index in [1.165, 1.54) is 0 Å². The summed E-state index contributed by atoms with van der Waals surface area (Å²) in [6.45, 7) is 0. The molecule has 8 heteroatoms. The summed E-state index contributed by atoms with van der Waals surface area (Å²) in [5, 5.41) is 14.5. The monoisotopic (exact) mass is 481 g/mol. The molecule has 5 nitrogen and oxygen atoms in total. The molecule has 5 rings (SSSR count). The second kappa shape index (κ2) is 8.47. The molecule has 3 heterocycles. The average Bonchev–Trinajstić information content (AvgIpc) is 3.41. The normalized spacial score (nSPS) is 18.1. The minimum absolute atomic E-state index is 0.181. The fourth-order valence-corrected chi connectivity index (χ4v) is 4.63. The quantitative estimate of drug-likeness (QED) is 0.323. The first-order valence-electron chi connectivity index (χ1n) is 9.87. The number of rotatable bonds is 4. The van der Waals surface area contributed by atoms with Crippen LogP contribution in [-0.4, -0.2) is 15.2 Å². The number of pyridine rings is 1. The second-order valence-electron chi connectivity index (χ2n) is 7.32. The van der Waals surface area contributed by atoms with Gasteiger partial charge in [0.25, 0.3) is 0 Å². The Kier molecular flexibility index (Phi) is 5.51. The SMILES string of the molecule is Oc1ccc(N2C(=S)N[C@H](c3ccccn3)[C@H]2c2ccc(-c3cccc(Cl)c3Cl)o2)cc1. The molecule has 0 aliphatic carbocycles. The van der Waals surface area contributed by atoms with Gasteiger partial charge in [-0.2, -0.15) is 0 Å². The van der Waals surface area contributed by atoms with Crippen molar-refractivity contribution in [2.45, 2.75) is 12.1 Å². The summed E-state index contributed by atoms with van der Waals surface area (Å²) in [5.74, 6) is 1.48. The highest BCUT2D eigenvalue weighted by Crippen LogP contribution is 2.44. The summed E-state index contributed by atoms with van der Waals surface area (Å²) in [6.07, 6.45) is 1.75. The van der Waals surface area contributed by atoms with Crippen LogP contribution >= 0.6 is 35.4 Å². The number of benzene rings is 2. The van der Waals surface area contributed by atoms with Crippen molar-refractivity contribution in [3.05, 3.63) is 100 Å². The van der Waals surface area contributed by atoms with E-state index in [0.717, 1.165) is 11.4 Å². The van der Waals surface area contributed by atoms with E-state index in [0.29, 0.717) is 32.2 Å². The molecule has 2 aromatic heterocycles. The first-order chi connectivity index (χ1) is 15.5. The first kappa shape index (κ1) is 20.8. The van der Waals surface area contributed by atoms with Gasteiger partial charge in [-0.25, -0.2) is 0 Å². The molecule has 2 atom stereocenters. The van der Waals surface area contributed by atoms with E-state index in [9.17, 15) is 5.11 Å². The van der Waals surface area contributed by atoms with Crippen LogP contribution in [0.3, 0.4) is 0 Å². The van der Waals surface area contributed by atoms with E-state index in [-0.39, 0.29) is 17.8 Å². The third-order valence-electron chi connectivity index (χ3n) is 5.36. The zero-order valence-electron chi connectivity index (χ0n) is 16.6. The molecular weight excluding hydrogens is 465 g/mol. The third-order valence-corrected chi connectivity index (χ3v) is 6.49. The molecule has 1 aliphatic rings. The lowest BCUT2D eigenvalue weighted by Crippen LogP contribution is -2.29. The van der Waals surface area contributed by atoms with Crippen molar-refractivity contribution in [1.82, 2.24) is 10.3 Å². The summed E-state index contributed by atoms with van der Waals surface area (Å²) in [7, 11) is 0. The highest BCUT2D eigenvalue weighted by atomic mass is 35.5.